The lowest BCUT2D eigenvalue weighted by atomic mass is 9.96. The van der Waals surface area contributed by atoms with Crippen LogP contribution < -0.4 is 5.32 Å². The summed E-state index contributed by atoms with van der Waals surface area (Å²) >= 11 is 0. The average molecular weight is 370 g/mol. The minimum atomic E-state index is -4.39. The van der Waals surface area contributed by atoms with Crippen molar-refractivity contribution in [2.24, 2.45) is 0 Å². The summed E-state index contributed by atoms with van der Waals surface area (Å²) in [6, 6.07) is 4.70. The van der Waals surface area contributed by atoms with Gasteiger partial charge in [0.15, 0.2) is 0 Å². The molecule has 0 bridgehead atoms. The predicted molar refractivity (Wildman–Crippen MR) is 84.0 cm³/mol. The molecule has 2 aromatic rings. The maximum Gasteiger partial charge on any atom is 0.416 e. The lowest BCUT2D eigenvalue weighted by molar-refractivity contribution is -0.138. The zero-order valence-corrected chi connectivity index (χ0v) is 13.8. The van der Waals surface area contributed by atoms with Gasteiger partial charge in [-0.2, -0.15) is 13.2 Å². The van der Waals surface area contributed by atoms with E-state index in [-0.39, 0.29) is 31.3 Å². The van der Waals surface area contributed by atoms with E-state index in [0.29, 0.717) is 11.3 Å². The average Bonchev–Trinajstić information content (AvgIpc) is 2.99. The highest BCUT2D eigenvalue weighted by Crippen LogP contribution is 2.30. The summed E-state index contributed by atoms with van der Waals surface area (Å²) < 4.78 is 38.8. The van der Waals surface area contributed by atoms with Gasteiger partial charge in [-0.25, -0.2) is 4.68 Å². The van der Waals surface area contributed by atoms with Gasteiger partial charge in [0.2, 0.25) is 5.91 Å². The van der Waals surface area contributed by atoms with E-state index in [1.165, 1.54) is 18.3 Å². The number of alkyl halides is 3. The Kier molecular flexibility index (Phi) is 5.96. The van der Waals surface area contributed by atoms with Crippen LogP contribution >= 0.6 is 0 Å². The molecule has 1 aromatic heterocycles. The molecule has 140 valence electrons. The lowest BCUT2D eigenvalue weighted by Gasteiger charge is -2.13. The fourth-order valence-corrected chi connectivity index (χ4v) is 2.29. The highest BCUT2D eigenvalue weighted by Gasteiger charge is 2.30. The van der Waals surface area contributed by atoms with E-state index < -0.39 is 17.7 Å². The minimum Gasteiger partial charge on any atom is -0.480 e. The topological polar surface area (TPSA) is 97.1 Å². The van der Waals surface area contributed by atoms with E-state index in [4.69, 9.17) is 5.11 Å². The fraction of sp³-hybridized carbons (Fsp3) is 0.375. The molecule has 1 amide bonds. The normalized spacial score (nSPS) is 12.6. The molecule has 0 fully saturated rings. The van der Waals surface area contributed by atoms with Crippen LogP contribution in [0, 0.1) is 0 Å². The molecule has 0 radical (unpaired) electrons. The number of hydrogen-bond donors (Lipinski definition) is 2. The lowest BCUT2D eigenvalue weighted by Crippen LogP contribution is -2.24. The first-order valence-electron chi connectivity index (χ1n) is 7.70. The Labute approximate surface area is 146 Å². The summed E-state index contributed by atoms with van der Waals surface area (Å²) in [5, 5.41) is 18.6. The van der Waals surface area contributed by atoms with Crippen molar-refractivity contribution in [3.8, 4) is 0 Å². The van der Waals surface area contributed by atoms with Crippen molar-refractivity contribution in [1.29, 1.82) is 0 Å². The van der Waals surface area contributed by atoms with Gasteiger partial charge in [-0.05, 0) is 23.6 Å². The maximum absolute atomic E-state index is 12.6. The van der Waals surface area contributed by atoms with Gasteiger partial charge < -0.3 is 10.4 Å². The first kappa shape index (κ1) is 19.4. The summed E-state index contributed by atoms with van der Waals surface area (Å²) in [6.07, 6.45) is -2.89. The first-order valence-corrected chi connectivity index (χ1v) is 7.70. The number of halogens is 3. The largest absolute Gasteiger partial charge is 0.480 e. The maximum atomic E-state index is 12.6. The number of carbonyl (C=O) groups is 2. The third-order valence-corrected chi connectivity index (χ3v) is 3.65. The molecule has 0 aliphatic carbocycles. The van der Waals surface area contributed by atoms with Crippen molar-refractivity contribution < 1.29 is 27.9 Å². The molecule has 7 nitrogen and oxygen atoms in total. The van der Waals surface area contributed by atoms with Crippen LogP contribution in [0.1, 0.15) is 36.1 Å². The molecule has 2 rings (SSSR count). The summed E-state index contributed by atoms with van der Waals surface area (Å²) in [7, 11) is 0. The molecule has 10 heteroatoms. The summed E-state index contributed by atoms with van der Waals surface area (Å²) in [4.78, 5) is 22.5. The van der Waals surface area contributed by atoms with E-state index in [0.717, 1.165) is 16.8 Å². The molecule has 1 heterocycles. The van der Waals surface area contributed by atoms with E-state index in [1.807, 2.05) is 0 Å². The SMILES string of the molecule is CC(CC(=O)NCc1cn(CC(=O)O)nn1)c1ccc(C(F)(F)F)cc1. The number of hydrogen-bond acceptors (Lipinski definition) is 4. The van der Waals surface area contributed by atoms with Crippen LogP contribution in [0.5, 0.6) is 0 Å². The molecule has 1 atom stereocenters. The van der Waals surface area contributed by atoms with Gasteiger partial charge >= 0.3 is 12.1 Å². The van der Waals surface area contributed by atoms with Gasteiger partial charge in [0.1, 0.15) is 12.2 Å². The zero-order chi connectivity index (χ0) is 19.3. The van der Waals surface area contributed by atoms with Crippen molar-refractivity contribution in [3.63, 3.8) is 0 Å². The van der Waals surface area contributed by atoms with Crippen molar-refractivity contribution in [2.45, 2.75) is 38.5 Å². The van der Waals surface area contributed by atoms with Crippen molar-refractivity contribution in [2.75, 3.05) is 0 Å². The van der Waals surface area contributed by atoms with Gasteiger partial charge in [-0.15, -0.1) is 5.10 Å². The second kappa shape index (κ2) is 7.98. The number of aliphatic carboxylic acids is 1. The van der Waals surface area contributed by atoms with Gasteiger partial charge in [0.25, 0.3) is 0 Å². The summed E-state index contributed by atoms with van der Waals surface area (Å²) in [6.45, 7) is 1.50. The number of benzene rings is 1. The van der Waals surface area contributed by atoms with Crippen LogP contribution in [0.2, 0.25) is 0 Å². The van der Waals surface area contributed by atoms with Crippen molar-refractivity contribution in [3.05, 3.63) is 47.3 Å². The Bertz CT molecular complexity index is 772. The van der Waals surface area contributed by atoms with Crippen LogP contribution in [0.4, 0.5) is 13.2 Å². The number of rotatable bonds is 7. The third-order valence-electron chi connectivity index (χ3n) is 3.65. The minimum absolute atomic E-state index is 0.0815. The monoisotopic (exact) mass is 370 g/mol. The second-order valence-electron chi connectivity index (χ2n) is 5.80. The Morgan fingerprint density at radius 2 is 1.92 bits per heavy atom. The van der Waals surface area contributed by atoms with E-state index in [1.54, 1.807) is 6.92 Å². The Balaban J connectivity index is 1.85. The smallest absolute Gasteiger partial charge is 0.416 e. The molecule has 1 unspecified atom stereocenters. The molecule has 0 aliphatic rings. The van der Waals surface area contributed by atoms with Crippen LogP contribution in [0.25, 0.3) is 0 Å². The van der Waals surface area contributed by atoms with Crippen molar-refractivity contribution in [1.82, 2.24) is 20.3 Å². The Hall–Kier alpha value is -2.91. The van der Waals surface area contributed by atoms with E-state index >= 15 is 0 Å². The molecule has 0 aliphatic heterocycles. The van der Waals surface area contributed by atoms with Crippen molar-refractivity contribution >= 4 is 11.9 Å². The van der Waals surface area contributed by atoms with Gasteiger partial charge in [0, 0.05) is 6.42 Å². The molecule has 0 saturated carbocycles. The highest BCUT2D eigenvalue weighted by molar-refractivity contribution is 5.76. The van der Waals surface area contributed by atoms with Crippen LogP contribution in [0.15, 0.2) is 30.5 Å². The molecule has 2 N–H and O–H groups in total. The van der Waals surface area contributed by atoms with Crippen LogP contribution in [-0.4, -0.2) is 32.0 Å². The number of carboxylic acids is 1. The Morgan fingerprint density at radius 3 is 2.50 bits per heavy atom. The van der Waals surface area contributed by atoms with Gasteiger partial charge in [-0.1, -0.05) is 24.3 Å². The van der Waals surface area contributed by atoms with Crippen LogP contribution in [0.3, 0.4) is 0 Å². The molecule has 0 saturated heterocycles. The standard InChI is InChI=1S/C16H17F3N4O3/c1-10(11-2-4-12(5-3-11)16(17,18)19)6-14(24)20-7-13-8-23(22-21-13)9-15(25)26/h2-5,8,10H,6-7,9H2,1H3,(H,20,24)(H,25,26). The molecule has 26 heavy (non-hydrogen) atoms. The first-order chi connectivity index (χ1) is 12.1. The van der Waals surface area contributed by atoms with Crippen LogP contribution in [-0.2, 0) is 28.9 Å². The number of aromatic nitrogens is 3. The molecular formula is C16H17F3N4O3. The third kappa shape index (κ3) is 5.57. The predicted octanol–water partition coefficient (Wildman–Crippen LogP) is 2.19. The molecular weight excluding hydrogens is 353 g/mol. The van der Waals surface area contributed by atoms with Gasteiger partial charge in [-0.3, -0.25) is 9.59 Å². The quantitative estimate of drug-likeness (QED) is 0.779. The summed E-state index contributed by atoms with van der Waals surface area (Å²) in [5.74, 6) is -1.62. The van der Waals surface area contributed by atoms with E-state index in [9.17, 15) is 22.8 Å². The Morgan fingerprint density at radius 1 is 1.27 bits per heavy atom. The highest BCUT2D eigenvalue weighted by atomic mass is 19.4. The number of carboxylic acid groups (broad SMARTS) is 1. The number of amides is 1. The second-order valence-corrected chi connectivity index (χ2v) is 5.80. The van der Waals surface area contributed by atoms with Gasteiger partial charge in [0.05, 0.1) is 18.3 Å². The number of carbonyl (C=O) groups excluding carboxylic acids is 1. The zero-order valence-electron chi connectivity index (χ0n) is 13.8. The van der Waals surface area contributed by atoms with E-state index in [2.05, 4.69) is 15.6 Å². The number of nitrogens with one attached hydrogen (secondary N) is 1. The summed E-state index contributed by atoms with van der Waals surface area (Å²) in [5.41, 5.74) is 0.296. The number of nitrogens with zero attached hydrogens (tertiary/aromatic N) is 3. The fourth-order valence-electron chi connectivity index (χ4n) is 2.29. The molecule has 1 aromatic carbocycles. The molecule has 0 spiro atoms.